The lowest BCUT2D eigenvalue weighted by Crippen LogP contribution is -2.21. The van der Waals surface area contributed by atoms with E-state index in [0.717, 1.165) is 0 Å². The molecule has 0 aromatic rings. The Morgan fingerprint density at radius 3 is 1.90 bits per heavy atom. The lowest BCUT2D eigenvalue weighted by Gasteiger charge is -2.06. The van der Waals surface area contributed by atoms with E-state index < -0.39 is 9.76 Å². The van der Waals surface area contributed by atoms with E-state index in [-0.39, 0.29) is 11.5 Å². The molecular weight excluding hydrogens is 226 g/mol. The number of esters is 1. The third-order valence-corrected chi connectivity index (χ3v) is 0.989. The monoisotopic (exact) mass is 228 g/mol. The Labute approximate surface area is 77.4 Å². The van der Waals surface area contributed by atoms with Crippen molar-refractivity contribution >= 4 is 52.4 Å². The highest BCUT2D eigenvalue weighted by molar-refractivity contribution is 6.75. The van der Waals surface area contributed by atoms with Crippen molar-refractivity contribution < 1.29 is 15.0 Å². The van der Waals surface area contributed by atoms with Crippen LogP contribution >= 0.6 is 46.4 Å². The van der Waals surface area contributed by atoms with Crippen LogP contribution in [0.5, 0.6) is 0 Å². The first-order valence-electron chi connectivity index (χ1n) is 1.78. The predicted octanol–water partition coefficient (Wildman–Crippen LogP) is 1.27. The van der Waals surface area contributed by atoms with Crippen molar-refractivity contribution in [2.45, 2.75) is 3.79 Å². The average Bonchev–Trinajstić information content (AvgIpc) is 1.64. The molecular formula is C3H4Cl4O3. The zero-order chi connectivity index (χ0) is 7.49. The van der Waals surface area contributed by atoms with Gasteiger partial charge in [-0.15, -0.1) is 0 Å². The molecule has 0 aliphatic carbocycles. The summed E-state index contributed by atoms with van der Waals surface area (Å²) >= 11 is 20.2. The lowest BCUT2D eigenvalue weighted by atomic mass is 10.8. The van der Waals surface area contributed by atoms with Crippen LogP contribution in [0, 0.1) is 0 Å². The van der Waals surface area contributed by atoms with Gasteiger partial charge in [-0.1, -0.05) is 46.4 Å². The van der Waals surface area contributed by atoms with E-state index >= 15 is 0 Å². The normalized spacial score (nSPS) is 10.0. The molecule has 0 fully saturated rings. The van der Waals surface area contributed by atoms with E-state index in [4.69, 9.17) is 46.4 Å². The first-order chi connectivity index (χ1) is 3.98. The maximum atomic E-state index is 10.4. The topological polar surface area (TPSA) is 57.8 Å². The summed E-state index contributed by atoms with van der Waals surface area (Å²) in [6.07, 6.45) is 0. The van der Waals surface area contributed by atoms with Crippen LogP contribution in [0.2, 0.25) is 0 Å². The fraction of sp³-hybridized carbons (Fsp3) is 0.667. The SMILES string of the molecule is O.O=C(OCCl)C(Cl)(Cl)Cl. The molecule has 0 unspecified atom stereocenters. The summed E-state index contributed by atoms with van der Waals surface area (Å²) in [6.45, 7) is 0. The molecule has 2 N–H and O–H groups in total. The molecule has 0 bridgehead atoms. The van der Waals surface area contributed by atoms with Crippen molar-refractivity contribution in [3.8, 4) is 0 Å². The Morgan fingerprint density at radius 1 is 1.40 bits per heavy atom. The maximum absolute atomic E-state index is 10.4. The molecule has 62 valence electrons. The van der Waals surface area contributed by atoms with Crippen molar-refractivity contribution in [3.05, 3.63) is 0 Å². The molecule has 0 aromatic heterocycles. The lowest BCUT2D eigenvalue weighted by molar-refractivity contribution is -0.140. The van der Waals surface area contributed by atoms with Crippen molar-refractivity contribution in [3.63, 3.8) is 0 Å². The van der Waals surface area contributed by atoms with Gasteiger partial charge >= 0.3 is 5.97 Å². The van der Waals surface area contributed by atoms with Gasteiger partial charge in [0.15, 0.2) is 6.07 Å². The molecule has 0 spiro atoms. The first-order valence-corrected chi connectivity index (χ1v) is 3.45. The minimum atomic E-state index is -2.02. The van der Waals surface area contributed by atoms with Gasteiger partial charge in [0.2, 0.25) is 0 Å². The van der Waals surface area contributed by atoms with E-state index in [9.17, 15) is 4.79 Å². The average molecular weight is 230 g/mol. The minimum absolute atomic E-state index is 0. The fourth-order valence-electron chi connectivity index (χ4n) is 0.131. The van der Waals surface area contributed by atoms with Crippen molar-refractivity contribution in [1.82, 2.24) is 0 Å². The van der Waals surface area contributed by atoms with Gasteiger partial charge in [0, 0.05) is 0 Å². The predicted molar refractivity (Wildman–Crippen MR) is 40.7 cm³/mol. The minimum Gasteiger partial charge on any atom is -0.446 e. The molecule has 0 rings (SSSR count). The zero-order valence-electron chi connectivity index (χ0n) is 4.54. The van der Waals surface area contributed by atoms with Gasteiger partial charge in [0.1, 0.15) is 0 Å². The largest absolute Gasteiger partial charge is 0.446 e. The molecule has 0 saturated carbocycles. The molecule has 0 saturated heterocycles. The van der Waals surface area contributed by atoms with Gasteiger partial charge in [0.05, 0.1) is 0 Å². The molecule has 0 aromatic carbocycles. The Hall–Kier alpha value is 0.590. The number of alkyl halides is 4. The van der Waals surface area contributed by atoms with Crippen LogP contribution in [0.15, 0.2) is 0 Å². The highest BCUT2D eigenvalue weighted by atomic mass is 35.6. The molecule has 0 amide bonds. The highest BCUT2D eigenvalue weighted by Crippen LogP contribution is 2.27. The van der Waals surface area contributed by atoms with Gasteiger partial charge in [0.25, 0.3) is 3.79 Å². The fourth-order valence-corrected chi connectivity index (χ4v) is 0.394. The highest BCUT2D eigenvalue weighted by Gasteiger charge is 2.32. The van der Waals surface area contributed by atoms with Crippen LogP contribution in [0.3, 0.4) is 0 Å². The van der Waals surface area contributed by atoms with E-state index in [0.29, 0.717) is 0 Å². The molecule has 3 nitrogen and oxygen atoms in total. The molecule has 7 heteroatoms. The maximum Gasteiger partial charge on any atom is 0.359 e. The smallest absolute Gasteiger partial charge is 0.359 e. The Bertz CT molecular complexity index is 109. The Balaban J connectivity index is 0. The Morgan fingerprint density at radius 2 is 1.80 bits per heavy atom. The van der Waals surface area contributed by atoms with Gasteiger partial charge in [-0.2, -0.15) is 0 Å². The van der Waals surface area contributed by atoms with E-state index in [1.54, 1.807) is 0 Å². The number of carbonyl (C=O) groups is 1. The summed E-state index contributed by atoms with van der Waals surface area (Å²) in [5, 5.41) is 0. The third kappa shape index (κ3) is 5.38. The molecule has 0 radical (unpaired) electrons. The molecule has 10 heavy (non-hydrogen) atoms. The van der Waals surface area contributed by atoms with Crippen LogP contribution < -0.4 is 0 Å². The van der Waals surface area contributed by atoms with Crippen molar-refractivity contribution in [1.29, 1.82) is 0 Å². The summed E-state index contributed by atoms with van der Waals surface area (Å²) in [4.78, 5) is 10.4. The van der Waals surface area contributed by atoms with Crippen LogP contribution in [-0.2, 0) is 9.53 Å². The van der Waals surface area contributed by atoms with Crippen molar-refractivity contribution in [2.75, 3.05) is 6.07 Å². The summed E-state index contributed by atoms with van der Waals surface area (Å²) < 4.78 is 2.12. The van der Waals surface area contributed by atoms with E-state index in [2.05, 4.69) is 4.74 Å². The number of ether oxygens (including phenoxy) is 1. The van der Waals surface area contributed by atoms with E-state index in [1.807, 2.05) is 0 Å². The number of hydrogen-bond acceptors (Lipinski definition) is 2. The van der Waals surface area contributed by atoms with Gasteiger partial charge in [-0.3, -0.25) is 0 Å². The quantitative estimate of drug-likeness (QED) is 0.503. The molecule has 0 aliphatic heterocycles. The summed E-state index contributed by atoms with van der Waals surface area (Å²) in [5.74, 6) is -0.970. The molecule has 0 aliphatic rings. The Kier molecular flexibility index (Phi) is 6.95. The van der Waals surface area contributed by atoms with Crippen molar-refractivity contribution in [2.24, 2.45) is 0 Å². The van der Waals surface area contributed by atoms with Gasteiger partial charge in [-0.05, 0) is 0 Å². The number of hydrogen-bond donors (Lipinski definition) is 0. The number of halogens is 4. The number of rotatable bonds is 1. The standard InChI is InChI=1S/C3H2Cl4O2.H2O/c4-1-9-2(8)3(5,6)7;/h1H2;1H2. The summed E-state index contributed by atoms with van der Waals surface area (Å²) in [5.41, 5.74) is 0. The van der Waals surface area contributed by atoms with E-state index in [1.165, 1.54) is 0 Å². The van der Waals surface area contributed by atoms with Gasteiger partial charge in [-0.25, -0.2) is 4.79 Å². The molecule has 0 atom stereocenters. The first kappa shape index (κ1) is 13.2. The summed E-state index contributed by atoms with van der Waals surface area (Å²) in [6, 6.07) is -0.313. The van der Waals surface area contributed by atoms with Crippen LogP contribution in [0.4, 0.5) is 0 Å². The second kappa shape index (κ2) is 5.27. The number of carbonyl (C=O) groups excluding carboxylic acids is 1. The second-order valence-electron chi connectivity index (χ2n) is 1.04. The van der Waals surface area contributed by atoms with Crippen LogP contribution in [0.1, 0.15) is 0 Å². The zero-order valence-corrected chi connectivity index (χ0v) is 7.56. The third-order valence-electron chi connectivity index (χ3n) is 0.417. The molecule has 0 heterocycles. The summed E-state index contributed by atoms with van der Waals surface area (Å²) in [7, 11) is 0. The van der Waals surface area contributed by atoms with Crippen LogP contribution in [0.25, 0.3) is 0 Å². The second-order valence-corrected chi connectivity index (χ2v) is 3.54. The van der Waals surface area contributed by atoms with Gasteiger partial charge < -0.3 is 10.2 Å². The van der Waals surface area contributed by atoms with Crippen LogP contribution in [-0.4, -0.2) is 21.3 Å².